The van der Waals surface area contributed by atoms with Gasteiger partial charge in [0.15, 0.2) is 0 Å². The van der Waals surface area contributed by atoms with Crippen LogP contribution in [0.15, 0.2) is 18.2 Å². The Kier molecular flexibility index (Phi) is 5.09. The summed E-state index contributed by atoms with van der Waals surface area (Å²) < 4.78 is 5.79. The smallest absolute Gasteiger partial charge is 0.123 e. The van der Waals surface area contributed by atoms with Gasteiger partial charge < -0.3 is 10.1 Å². The average molecular weight is 275 g/mol. The molecule has 112 valence electrons. The molecule has 1 unspecified atom stereocenters. The van der Waals surface area contributed by atoms with Gasteiger partial charge in [0.1, 0.15) is 5.75 Å². The molecule has 0 aromatic heterocycles. The summed E-state index contributed by atoms with van der Waals surface area (Å²) in [4.78, 5) is 0. The van der Waals surface area contributed by atoms with Gasteiger partial charge in [-0.2, -0.15) is 0 Å². The highest BCUT2D eigenvalue weighted by atomic mass is 16.5. The molecule has 0 saturated heterocycles. The maximum absolute atomic E-state index is 5.79. The average Bonchev–Trinajstić information content (AvgIpc) is 2.74. The summed E-state index contributed by atoms with van der Waals surface area (Å²) in [7, 11) is 0. The van der Waals surface area contributed by atoms with Crippen molar-refractivity contribution in [2.75, 3.05) is 13.2 Å². The standard InChI is InChI=1S/C18H29NO/c1-5-7-8-9-16(19-6-2)14-10-11-17-15(12-14)18(3,4)13-20-17/h10-12,16,19H,5-9,13H2,1-4H3. The Balaban J connectivity index is 2.17. The molecule has 0 amide bonds. The van der Waals surface area contributed by atoms with Gasteiger partial charge in [-0.05, 0) is 30.7 Å². The monoisotopic (exact) mass is 275 g/mol. The van der Waals surface area contributed by atoms with Gasteiger partial charge in [-0.3, -0.25) is 0 Å². The lowest BCUT2D eigenvalue weighted by Gasteiger charge is -2.21. The van der Waals surface area contributed by atoms with Gasteiger partial charge in [-0.15, -0.1) is 0 Å². The van der Waals surface area contributed by atoms with Crippen molar-refractivity contribution < 1.29 is 4.74 Å². The van der Waals surface area contributed by atoms with Crippen LogP contribution in [0.4, 0.5) is 0 Å². The number of unbranched alkanes of at least 4 members (excludes halogenated alkanes) is 2. The molecule has 1 aromatic rings. The molecule has 2 heteroatoms. The zero-order valence-corrected chi connectivity index (χ0v) is 13.5. The summed E-state index contributed by atoms with van der Waals surface area (Å²) in [6.45, 7) is 10.8. The fourth-order valence-corrected chi connectivity index (χ4v) is 2.99. The highest BCUT2D eigenvalue weighted by Gasteiger charge is 2.32. The Labute approximate surface area is 123 Å². The van der Waals surface area contributed by atoms with Gasteiger partial charge in [0.25, 0.3) is 0 Å². The van der Waals surface area contributed by atoms with E-state index in [1.807, 2.05) is 0 Å². The first-order chi connectivity index (χ1) is 9.58. The molecule has 0 aliphatic carbocycles. The molecule has 0 radical (unpaired) electrons. The molecule has 0 fully saturated rings. The minimum Gasteiger partial charge on any atom is -0.492 e. The zero-order chi connectivity index (χ0) is 14.6. The number of benzene rings is 1. The van der Waals surface area contributed by atoms with Crippen LogP contribution in [0.25, 0.3) is 0 Å². The topological polar surface area (TPSA) is 21.3 Å². The number of rotatable bonds is 7. The molecule has 0 spiro atoms. The Hall–Kier alpha value is -1.02. The third kappa shape index (κ3) is 3.35. The van der Waals surface area contributed by atoms with Crippen molar-refractivity contribution in [3.63, 3.8) is 0 Å². The van der Waals surface area contributed by atoms with E-state index in [0.29, 0.717) is 6.04 Å². The fraction of sp³-hybridized carbons (Fsp3) is 0.667. The van der Waals surface area contributed by atoms with Gasteiger partial charge in [0.2, 0.25) is 0 Å². The molecule has 1 heterocycles. The van der Waals surface area contributed by atoms with E-state index in [9.17, 15) is 0 Å². The van der Waals surface area contributed by atoms with Crippen LogP contribution >= 0.6 is 0 Å². The van der Waals surface area contributed by atoms with E-state index >= 15 is 0 Å². The van der Waals surface area contributed by atoms with Crippen molar-refractivity contribution in [1.29, 1.82) is 0 Å². The maximum atomic E-state index is 5.79. The van der Waals surface area contributed by atoms with Crippen molar-refractivity contribution in [2.45, 2.75) is 64.8 Å². The summed E-state index contributed by atoms with van der Waals surface area (Å²) in [6.07, 6.45) is 5.12. The lowest BCUT2D eigenvalue weighted by atomic mass is 9.85. The Morgan fingerprint density at radius 3 is 2.75 bits per heavy atom. The second kappa shape index (κ2) is 6.62. The molecule has 0 bridgehead atoms. The summed E-state index contributed by atoms with van der Waals surface area (Å²) in [5.41, 5.74) is 2.93. The Morgan fingerprint density at radius 2 is 2.05 bits per heavy atom. The van der Waals surface area contributed by atoms with Crippen LogP contribution in [0.3, 0.4) is 0 Å². The lowest BCUT2D eigenvalue weighted by molar-refractivity contribution is 0.291. The van der Waals surface area contributed by atoms with Gasteiger partial charge in [0, 0.05) is 17.0 Å². The first-order valence-electron chi connectivity index (χ1n) is 8.09. The normalized spacial score (nSPS) is 17.6. The van der Waals surface area contributed by atoms with E-state index in [2.05, 4.69) is 51.2 Å². The summed E-state index contributed by atoms with van der Waals surface area (Å²) in [5.74, 6) is 1.07. The van der Waals surface area contributed by atoms with E-state index in [-0.39, 0.29) is 5.41 Å². The quantitative estimate of drug-likeness (QED) is 0.735. The predicted molar refractivity (Wildman–Crippen MR) is 85.5 cm³/mol. The molecule has 1 aromatic carbocycles. The van der Waals surface area contributed by atoms with E-state index in [4.69, 9.17) is 4.74 Å². The largest absolute Gasteiger partial charge is 0.492 e. The number of hydrogen-bond acceptors (Lipinski definition) is 2. The summed E-state index contributed by atoms with van der Waals surface area (Å²) >= 11 is 0. The summed E-state index contributed by atoms with van der Waals surface area (Å²) in [5, 5.41) is 3.64. The second-order valence-corrected chi connectivity index (χ2v) is 6.53. The van der Waals surface area contributed by atoms with E-state index in [0.717, 1.165) is 18.9 Å². The van der Waals surface area contributed by atoms with Crippen LogP contribution in [0.1, 0.15) is 70.5 Å². The molecule has 0 saturated carbocycles. The first kappa shape index (κ1) is 15.4. The number of fused-ring (bicyclic) bond motifs is 1. The third-order valence-corrected chi connectivity index (χ3v) is 4.27. The third-order valence-electron chi connectivity index (χ3n) is 4.27. The number of hydrogen-bond donors (Lipinski definition) is 1. The van der Waals surface area contributed by atoms with Crippen molar-refractivity contribution in [1.82, 2.24) is 5.32 Å². The number of ether oxygens (including phenoxy) is 1. The van der Waals surface area contributed by atoms with Gasteiger partial charge in [-0.1, -0.05) is 53.0 Å². The second-order valence-electron chi connectivity index (χ2n) is 6.53. The van der Waals surface area contributed by atoms with Crippen molar-refractivity contribution in [3.05, 3.63) is 29.3 Å². The molecule has 20 heavy (non-hydrogen) atoms. The molecule has 1 atom stereocenters. The van der Waals surface area contributed by atoms with Crippen molar-refractivity contribution in [3.8, 4) is 5.75 Å². The zero-order valence-electron chi connectivity index (χ0n) is 13.5. The maximum Gasteiger partial charge on any atom is 0.123 e. The molecular weight excluding hydrogens is 246 g/mol. The minimum absolute atomic E-state index is 0.144. The van der Waals surface area contributed by atoms with Gasteiger partial charge in [-0.25, -0.2) is 0 Å². The Bertz CT molecular complexity index is 439. The van der Waals surface area contributed by atoms with Crippen LogP contribution in [-0.4, -0.2) is 13.2 Å². The van der Waals surface area contributed by atoms with Crippen LogP contribution < -0.4 is 10.1 Å². The number of nitrogens with one attached hydrogen (secondary N) is 1. The van der Waals surface area contributed by atoms with E-state index in [1.165, 1.54) is 36.8 Å². The van der Waals surface area contributed by atoms with Crippen molar-refractivity contribution >= 4 is 0 Å². The molecule has 1 aliphatic heterocycles. The van der Waals surface area contributed by atoms with Crippen LogP contribution in [0.2, 0.25) is 0 Å². The summed E-state index contributed by atoms with van der Waals surface area (Å²) in [6, 6.07) is 7.23. The van der Waals surface area contributed by atoms with Crippen molar-refractivity contribution in [2.24, 2.45) is 0 Å². The van der Waals surface area contributed by atoms with Gasteiger partial charge >= 0.3 is 0 Å². The highest BCUT2D eigenvalue weighted by molar-refractivity contribution is 5.45. The molecule has 2 rings (SSSR count). The predicted octanol–water partition coefficient (Wildman–Crippen LogP) is 4.59. The van der Waals surface area contributed by atoms with Gasteiger partial charge in [0.05, 0.1) is 6.61 Å². The molecular formula is C18H29NO. The van der Waals surface area contributed by atoms with Crippen LogP contribution in [0.5, 0.6) is 5.75 Å². The van der Waals surface area contributed by atoms with E-state index < -0.39 is 0 Å². The van der Waals surface area contributed by atoms with E-state index in [1.54, 1.807) is 0 Å². The first-order valence-corrected chi connectivity index (χ1v) is 8.09. The van der Waals surface area contributed by atoms with Crippen LogP contribution in [0, 0.1) is 0 Å². The Morgan fingerprint density at radius 1 is 1.25 bits per heavy atom. The highest BCUT2D eigenvalue weighted by Crippen LogP contribution is 2.40. The molecule has 1 aliphatic rings. The fourth-order valence-electron chi connectivity index (χ4n) is 2.99. The lowest BCUT2D eigenvalue weighted by Crippen LogP contribution is -2.22. The molecule has 1 N–H and O–H groups in total. The SMILES string of the molecule is CCCCCC(NCC)c1ccc2c(c1)C(C)(C)CO2. The molecule has 2 nitrogen and oxygen atoms in total. The van der Waals surface area contributed by atoms with Crippen LogP contribution in [-0.2, 0) is 5.41 Å². The minimum atomic E-state index is 0.144.